The summed E-state index contributed by atoms with van der Waals surface area (Å²) in [6.07, 6.45) is 7.23. The second kappa shape index (κ2) is 7.99. The van der Waals surface area contributed by atoms with E-state index in [2.05, 4.69) is 18.7 Å². The number of fused-ring (bicyclic) bond motifs is 1. The number of hydrogen-bond acceptors (Lipinski definition) is 4. The monoisotopic (exact) mass is 455 g/mol. The van der Waals surface area contributed by atoms with Crippen LogP contribution in [0.3, 0.4) is 0 Å². The molecule has 0 atom stereocenters. The largest absolute Gasteiger partial charge is 0.330 e. The highest BCUT2D eigenvalue weighted by Gasteiger charge is 2.33. The summed E-state index contributed by atoms with van der Waals surface area (Å²) >= 11 is 0. The lowest BCUT2D eigenvalue weighted by Crippen LogP contribution is -2.45. The molecule has 1 aromatic carbocycles. The fourth-order valence-corrected chi connectivity index (χ4v) is 5.96. The van der Waals surface area contributed by atoms with Gasteiger partial charge in [-0.3, -0.25) is 9.13 Å². The van der Waals surface area contributed by atoms with Crippen LogP contribution < -0.4 is 5.69 Å². The van der Waals surface area contributed by atoms with Crippen LogP contribution in [-0.4, -0.2) is 47.8 Å². The molecule has 4 rings (SSSR count). The minimum atomic E-state index is -3.54. The molecule has 31 heavy (non-hydrogen) atoms. The number of halogens is 2. The normalized spacial score (nSPS) is 21.7. The lowest BCUT2D eigenvalue weighted by molar-refractivity contribution is 0.0774. The molecule has 6 nitrogen and oxygen atoms in total. The van der Waals surface area contributed by atoms with Crippen molar-refractivity contribution in [3.8, 4) is 0 Å². The first-order valence-corrected chi connectivity index (χ1v) is 13.0. The topological polar surface area (TPSA) is 64.3 Å². The third-order valence-corrected chi connectivity index (χ3v) is 7.78. The van der Waals surface area contributed by atoms with Crippen molar-refractivity contribution < 1.29 is 17.2 Å². The van der Waals surface area contributed by atoms with Gasteiger partial charge in [0.2, 0.25) is 0 Å². The molecule has 2 fully saturated rings. The molecule has 0 spiro atoms. The van der Waals surface area contributed by atoms with Crippen LogP contribution in [0, 0.1) is 17.0 Å². The Hall–Kier alpha value is -1.74. The Balaban J connectivity index is 1.61. The standard InChI is InChI=1S/C22H31F2N3O3S/c1-22(2)8-4-15(5-9-22)25-10-6-16(7-11-25)27-20-13-18(24)17(23)12-19(20)26(21(27)28)14-31(3,29)30/h12-13,15-16H,4-11,14H2,1-3H3. The quantitative estimate of drug-likeness (QED) is 0.705. The van der Waals surface area contributed by atoms with E-state index in [1.165, 1.54) is 30.3 Å². The lowest BCUT2D eigenvalue weighted by Gasteiger charge is -2.43. The van der Waals surface area contributed by atoms with Crippen molar-refractivity contribution in [2.45, 2.75) is 70.3 Å². The predicted octanol–water partition coefficient (Wildman–Crippen LogP) is 3.69. The molecule has 1 saturated carbocycles. The third-order valence-electron chi connectivity index (χ3n) is 7.06. The first-order chi connectivity index (χ1) is 14.5. The van der Waals surface area contributed by atoms with Gasteiger partial charge in [0, 0.05) is 43.6 Å². The molecular formula is C22H31F2N3O3S. The number of imidazole rings is 1. The lowest BCUT2D eigenvalue weighted by atomic mass is 9.75. The van der Waals surface area contributed by atoms with Gasteiger partial charge in [0.15, 0.2) is 21.5 Å². The Labute approximate surface area is 181 Å². The van der Waals surface area contributed by atoms with Crippen LogP contribution >= 0.6 is 0 Å². The van der Waals surface area contributed by atoms with Gasteiger partial charge in [-0.15, -0.1) is 0 Å². The van der Waals surface area contributed by atoms with Crippen LogP contribution in [-0.2, 0) is 15.7 Å². The van der Waals surface area contributed by atoms with Crippen molar-refractivity contribution in [1.82, 2.24) is 14.0 Å². The van der Waals surface area contributed by atoms with Crippen LogP contribution in [0.15, 0.2) is 16.9 Å². The first kappa shape index (κ1) is 22.5. The van der Waals surface area contributed by atoms with Crippen molar-refractivity contribution in [3.05, 3.63) is 34.3 Å². The predicted molar refractivity (Wildman–Crippen MR) is 117 cm³/mol. The summed E-state index contributed by atoms with van der Waals surface area (Å²) < 4.78 is 54.1. The van der Waals surface area contributed by atoms with Crippen molar-refractivity contribution in [2.75, 3.05) is 19.3 Å². The minimum Gasteiger partial charge on any atom is -0.300 e. The zero-order valence-corrected chi connectivity index (χ0v) is 19.2. The van der Waals surface area contributed by atoms with Gasteiger partial charge in [0.1, 0.15) is 5.88 Å². The SMILES string of the molecule is CC1(C)CCC(N2CCC(n3c(=O)n(CS(C)(=O)=O)c4cc(F)c(F)cc43)CC2)CC1. The van der Waals surface area contributed by atoms with Crippen LogP contribution in [0.4, 0.5) is 8.78 Å². The molecule has 1 aliphatic carbocycles. The Bertz CT molecular complexity index is 1130. The molecule has 2 heterocycles. The summed E-state index contributed by atoms with van der Waals surface area (Å²) in [5, 5.41) is 0. The number of rotatable bonds is 4. The summed E-state index contributed by atoms with van der Waals surface area (Å²) in [4.78, 5) is 15.6. The number of aromatic nitrogens is 2. The number of nitrogens with zero attached hydrogens (tertiary/aromatic N) is 3. The second-order valence-electron chi connectivity index (χ2n) is 10.1. The van der Waals surface area contributed by atoms with Gasteiger partial charge < -0.3 is 4.90 Å². The molecule has 1 saturated heterocycles. The summed E-state index contributed by atoms with van der Waals surface area (Å²) in [5.74, 6) is -2.70. The van der Waals surface area contributed by atoms with Crippen molar-refractivity contribution >= 4 is 20.9 Å². The van der Waals surface area contributed by atoms with E-state index in [9.17, 15) is 22.0 Å². The van der Waals surface area contributed by atoms with Crippen LogP contribution in [0.25, 0.3) is 11.0 Å². The molecule has 2 aliphatic rings. The van der Waals surface area contributed by atoms with Crippen molar-refractivity contribution in [2.24, 2.45) is 5.41 Å². The second-order valence-corrected chi connectivity index (χ2v) is 12.2. The molecule has 1 aromatic heterocycles. The Morgan fingerprint density at radius 2 is 1.52 bits per heavy atom. The molecule has 0 N–H and O–H groups in total. The van der Waals surface area contributed by atoms with Gasteiger partial charge in [-0.1, -0.05) is 13.8 Å². The highest BCUT2D eigenvalue weighted by Crippen LogP contribution is 2.38. The molecule has 0 amide bonds. The fraction of sp³-hybridized carbons (Fsp3) is 0.682. The number of hydrogen-bond donors (Lipinski definition) is 0. The average Bonchev–Trinajstić information content (AvgIpc) is 2.92. The van der Waals surface area contributed by atoms with E-state index >= 15 is 0 Å². The van der Waals surface area contributed by atoms with Crippen LogP contribution in [0.1, 0.15) is 58.4 Å². The fourth-order valence-electron chi connectivity index (χ4n) is 5.24. The van der Waals surface area contributed by atoms with Gasteiger partial charge in [-0.25, -0.2) is 22.0 Å². The van der Waals surface area contributed by atoms with E-state index in [0.717, 1.165) is 48.9 Å². The van der Waals surface area contributed by atoms with E-state index in [0.29, 0.717) is 11.5 Å². The molecule has 1 aliphatic heterocycles. The maximum atomic E-state index is 14.0. The van der Waals surface area contributed by atoms with Crippen molar-refractivity contribution in [1.29, 1.82) is 0 Å². The Kier molecular flexibility index (Phi) is 5.79. The molecule has 2 aromatic rings. The summed E-state index contributed by atoms with van der Waals surface area (Å²) in [6, 6.07) is 2.33. The van der Waals surface area contributed by atoms with Crippen LogP contribution in [0.5, 0.6) is 0 Å². The van der Waals surface area contributed by atoms with E-state index in [1.54, 1.807) is 0 Å². The summed E-state index contributed by atoms with van der Waals surface area (Å²) in [6.45, 7) is 6.31. The zero-order valence-electron chi connectivity index (χ0n) is 18.4. The summed E-state index contributed by atoms with van der Waals surface area (Å²) in [5.41, 5.74) is 0.253. The number of benzene rings is 1. The average molecular weight is 456 g/mol. The Morgan fingerprint density at radius 1 is 0.968 bits per heavy atom. The van der Waals surface area contributed by atoms with Gasteiger partial charge >= 0.3 is 5.69 Å². The molecule has 0 unspecified atom stereocenters. The molecule has 0 radical (unpaired) electrons. The van der Waals surface area contributed by atoms with Gasteiger partial charge in [0.05, 0.1) is 11.0 Å². The van der Waals surface area contributed by atoms with E-state index in [4.69, 9.17) is 0 Å². The van der Waals surface area contributed by atoms with Gasteiger partial charge in [-0.2, -0.15) is 0 Å². The van der Waals surface area contributed by atoms with Gasteiger partial charge in [-0.05, 0) is 43.9 Å². The highest BCUT2D eigenvalue weighted by atomic mass is 32.2. The van der Waals surface area contributed by atoms with Crippen molar-refractivity contribution in [3.63, 3.8) is 0 Å². The van der Waals surface area contributed by atoms with Crippen LogP contribution in [0.2, 0.25) is 0 Å². The Morgan fingerprint density at radius 3 is 2.06 bits per heavy atom. The smallest absolute Gasteiger partial charge is 0.300 e. The molecular weight excluding hydrogens is 424 g/mol. The van der Waals surface area contributed by atoms with Gasteiger partial charge in [0.25, 0.3) is 0 Å². The summed E-state index contributed by atoms with van der Waals surface area (Å²) in [7, 11) is -3.54. The molecule has 9 heteroatoms. The number of likely N-dealkylation sites (tertiary alicyclic amines) is 1. The first-order valence-electron chi connectivity index (χ1n) is 11.0. The molecule has 172 valence electrons. The van der Waals surface area contributed by atoms with E-state index < -0.39 is 33.0 Å². The molecule has 0 bridgehead atoms. The number of piperidine rings is 1. The van der Waals surface area contributed by atoms with E-state index in [1.807, 2.05) is 0 Å². The maximum Gasteiger partial charge on any atom is 0.330 e. The van der Waals surface area contributed by atoms with E-state index in [-0.39, 0.29) is 17.1 Å². The third kappa shape index (κ3) is 4.58. The highest BCUT2D eigenvalue weighted by molar-refractivity contribution is 7.89. The maximum absolute atomic E-state index is 14.0. The number of sulfone groups is 1. The zero-order chi connectivity index (χ0) is 22.6. The minimum absolute atomic E-state index is 0.117.